The number of fused-ring (bicyclic) bond motifs is 5. The monoisotopic (exact) mass is 469 g/mol. The molecule has 0 aromatic heterocycles. The van der Waals surface area contributed by atoms with E-state index in [1.54, 1.807) is 6.92 Å². The highest BCUT2D eigenvalue weighted by atomic mass is 16.6. The molecule has 3 saturated carbocycles. The number of ketones is 1. The maximum absolute atomic E-state index is 12.9. The third-order valence-corrected chi connectivity index (χ3v) is 11.0. The van der Waals surface area contributed by atoms with Crippen LogP contribution < -0.4 is 5.90 Å². The SMILES string of the molecule is CC(=O)C1CCC2C3CC=C4C=C(OC(=O)C5CCC(CON)CC5)CCC4(C)C3CCC12C. The highest BCUT2D eigenvalue weighted by molar-refractivity contribution is 5.79. The van der Waals surface area contributed by atoms with E-state index in [9.17, 15) is 9.59 Å². The highest BCUT2D eigenvalue weighted by Gasteiger charge is 2.59. The first kappa shape index (κ1) is 24.2. The number of allylic oxidation sites excluding steroid dienone is 4. The zero-order chi connectivity index (χ0) is 24.1. The molecule has 5 aliphatic carbocycles. The Labute approximate surface area is 204 Å². The van der Waals surface area contributed by atoms with E-state index in [2.05, 4.69) is 26.0 Å². The number of nitrogens with two attached hydrogens (primary N) is 1. The summed E-state index contributed by atoms with van der Waals surface area (Å²) in [4.78, 5) is 30.0. The van der Waals surface area contributed by atoms with Crippen LogP contribution in [0, 0.1) is 46.3 Å². The maximum Gasteiger partial charge on any atom is 0.314 e. The van der Waals surface area contributed by atoms with Gasteiger partial charge in [-0.2, -0.15) is 0 Å². The Morgan fingerprint density at radius 3 is 2.50 bits per heavy atom. The first-order valence-electron chi connectivity index (χ1n) is 13.7. The van der Waals surface area contributed by atoms with Crippen LogP contribution in [0.1, 0.15) is 91.4 Å². The molecule has 0 radical (unpaired) electrons. The van der Waals surface area contributed by atoms with Crippen molar-refractivity contribution in [1.82, 2.24) is 0 Å². The summed E-state index contributed by atoms with van der Waals surface area (Å²) < 4.78 is 5.97. The van der Waals surface area contributed by atoms with Gasteiger partial charge >= 0.3 is 5.97 Å². The number of esters is 1. The minimum atomic E-state index is -0.0501. The van der Waals surface area contributed by atoms with Gasteiger partial charge in [-0.25, -0.2) is 5.90 Å². The molecule has 34 heavy (non-hydrogen) atoms. The van der Waals surface area contributed by atoms with Crippen molar-refractivity contribution in [3.63, 3.8) is 0 Å². The number of hydrogen-bond acceptors (Lipinski definition) is 5. The van der Waals surface area contributed by atoms with Crippen LogP contribution >= 0.6 is 0 Å². The zero-order valence-corrected chi connectivity index (χ0v) is 21.3. The van der Waals surface area contributed by atoms with Gasteiger partial charge in [0, 0.05) is 12.3 Å². The molecular formula is C29H43NO4. The number of hydrogen-bond donors (Lipinski definition) is 1. The quantitative estimate of drug-likeness (QED) is 0.401. The molecule has 0 bridgehead atoms. The molecule has 6 atom stereocenters. The van der Waals surface area contributed by atoms with E-state index in [1.807, 2.05) is 0 Å². The first-order chi connectivity index (χ1) is 16.3. The van der Waals surface area contributed by atoms with Gasteiger partial charge in [0.2, 0.25) is 0 Å². The lowest BCUT2D eigenvalue weighted by Gasteiger charge is -2.56. The predicted octanol–water partition coefficient (Wildman–Crippen LogP) is 5.89. The second-order valence-electron chi connectivity index (χ2n) is 12.6. The van der Waals surface area contributed by atoms with Gasteiger partial charge in [0.1, 0.15) is 11.5 Å². The summed E-state index contributed by atoms with van der Waals surface area (Å²) in [5, 5.41) is 0. The fourth-order valence-corrected chi connectivity index (χ4v) is 8.96. The van der Waals surface area contributed by atoms with Gasteiger partial charge in [-0.15, -0.1) is 0 Å². The lowest BCUT2D eigenvalue weighted by molar-refractivity contribution is -0.146. The van der Waals surface area contributed by atoms with Gasteiger partial charge in [-0.05, 0) is 117 Å². The largest absolute Gasteiger partial charge is 0.431 e. The van der Waals surface area contributed by atoms with E-state index in [0.717, 1.165) is 57.1 Å². The molecule has 188 valence electrons. The van der Waals surface area contributed by atoms with Gasteiger partial charge in [-0.3, -0.25) is 9.59 Å². The van der Waals surface area contributed by atoms with E-state index < -0.39 is 0 Å². The van der Waals surface area contributed by atoms with E-state index in [-0.39, 0.29) is 28.6 Å². The van der Waals surface area contributed by atoms with Crippen LogP contribution in [0.25, 0.3) is 0 Å². The van der Waals surface area contributed by atoms with E-state index >= 15 is 0 Å². The van der Waals surface area contributed by atoms with E-state index in [0.29, 0.717) is 36.1 Å². The first-order valence-corrected chi connectivity index (χ1v) is 13.7. The van der Waals surface area contributed by atoms with Gasteiger partial charge in [0.05, 0.1) is 12.5 Å². The maximum atomic E-state index is 12.9. The summed E-state index contributed by atoms with van der Waals surface area (Å²) in [5.41, 5.74) is 1.74. The summed E-state index contributed by atoms with van der Waals surface area (Å²) in [5.74, 6) is 9.16. The third-order valence-electron chi connectivity index (χ3n) is 11.0. The second-order valence-corrected chi connectivity index (χ2v) is 12.6. The van der Waals surface area contributed by atoms with Gasteiger partial charge < -0.3 is 9.57 Å². The molecule has 5 heteroatoms. The zero-order valence-electron chi connectivity index (χ0n) is 21.3. The summed E-state index contributed by atoms with van der Waals surface area (Å²) in [6.45, 7) is 7.24. The van der Waals surface area contributed by atoms with Crippen molar-refractivity contribution in [2.24, 2.45) is 52.2 Å². The lowest BCUT2D eigenvalue weighted by atomic mass is 9.48. The van der Waals surface area contributed by atoms with E-state index in [4.69, 9.17) is 15.5 Å². The Bertz CT molecular complexity index is 885. The van der Waals surface area contributed by atoms with Crippen molar-refractivity contribution in [3.8, 4) is 0 Å². The van der Waals surface area contributed by atoms with Crippen molar-refractivity contribution in [1.29, 1.82) is 0 Å². The third kappa shape index (κ3) is 4.01. The van der Waals surface area contributed by atoms with Crippen LogP contribution in [0.5, 0.6) is 0 Å². The fourth-order valence-electron chi connectivity index (χ4n) is 8.96. The molecular weight excluding hydrogens is 426 g/mol. The summed E-state index contributed by atoms with van der Waals surface area (Å²) in [6.07, 6.45) is 16.0. The molecule has 0 spiro atoms. The topological polar surface area (TPSA) is 78.6 Å². The van der Waals surface area contributed by atoms with Crippen LogP contribution in [0.15, 0.2) is 23.5 Å². The molecule has 5 rings (SSSR count). The molecule has 5 aliphatic rings. The molecule has 0 aliphatic heterocycles. The second kappa shape index (κ2) is 9.20. The Balaban J connectivity index is 1.27. The molecule has 0 saturated heterocycles. The summed E-state index contributed by atoms with van der Waals surface area (Å²) in [7, 11) is 0. The van der Waals surface area contributed by atoms with Crippen molar-refractivity contribution < 1.29 is 19.2 Å². The van der Waals surface area contributed by atoms with Crippen LogP contribution in [0.3, 0.4) is 0 Å². The van der Waals surface area contributed by atoms with Crippen molar-refractivity contribution in [2.75, 3.05) is 6.61 Å². The van der Waals surface area contributed by atoms with Crippen LogP contribution in [0.4, 0.5) is 0 Å². The Kier molecular flexibility index (Phi) is 6.56. The molecule has 0 amide bonds. The molecule has 0 heterocycles. The Hall–Kier alpha value is -1.46. The predicted molar refractivity (Wildman–Crippen MR) is 131 cm³/mol. The van der Waals surface area contributed by atoms with Crippen molar-refractivity contribution >= 4 is 11.8 Å². The average Bonchev–Trinajstić information content (AvgIpc) is 3.17. The van der Waals surface area contributed by atoms with Crippen LogP contribution in [0.2, 0.25) is 0 Å². The minimum absolute atomic E-state index is 0.000519. The van der Waals surface area contributed by atoms with E-state index in [1.165, 1.54) is 24.8 Å². The fraction of sp³-hybridized carbons (Fsp3) is 0.793. The van der Waals surface area contributed by atoms with Gasteiger partial charge in [0.25, 0.3) is 0 Å². The number of carbonyl (C=O) groups is 2. The standard InChI is InChI=1S/C29H43NO4/c1-18(31)24-10-11-25-23-9-8-21-16-22(12-14-28(21,2)26(23)13-15-29(24,25)3)34-27(32)20-6-4-19(5-7-20)17-33-30/h8,16,19-20,23-26H,4-7,9-15,17,30H2,1-3H3. The number of rotatable bonds is 5. The number of carbonyl (C=O) groups excluding carboxylic acids is 2. The molecule has 0 aromatic carbocycles. The summed E-state index contributed by atoms with van der Waals surface area (Å²) >= 11 is 0. The Morgan fingerprint density at radius 2 is 1.79 bits per heavy atom. The highest BCUT2D eigenvalue weighted by Crippen LogP contribution is 2.66. The Morgan fingerprint density at radius 1 is 1.03 bits per heavy atom. The molecule has 0 aromatic rings. The van der Waals surface area contributed by atoms with Gasteiger partial charge in [0.15, 0.2) is 0 Å². The van der Waals surface area contributed by atoms with Crippen molar-refractivity contribution in [2.45, 2.75) is 91.4 Å². The molecule has 3 fully saturated rings. The van der Waals surface area contributed by atoms with Crippen LogP contribution in [-0.4, -0.2) is 18.4 Å². The normalized spacial score (nSPS) is 43.6. The molecule has 6 unspecified atom stereocenters. The minimum Gasteiger partial charge on any atom is -0.431 e. The van der Waals surface area contributed by atoms with Crippen molar-refractivity contribution in [3.05, 3.63) is 23.5 Å². The molecule has 2 N–H and O–H groups in total. The number of ether oxygens (including phenoxy) is 1. The van der Waals surface area contributed by atoms with Crippen LogP contribution in [-0.2, 0) is 19.2 Å². The van der Waals surface area contributed by atoms with Gasteiger partial charge in [-0.1, -0.05) is 19.9 Å². The average molecular weight is 470 g/mol. The summed E-state index contributed by atoms with van der Waals surface area (Å²) in [6, 6.07) is 0. The smallest absolute Gasteiger partial charge is 0.314 e. The number of Topliss-reactive ketones (excluding diaryl/α,β-unsaturated/α-hetero) is 1. The molecule has 5 nitrogen and oxygen atoms in total. The lowest BCUT2D eigenvalue weighted by Crippen LogP contribution is -2.49.